The molecule has 3 aromatic rings. The van der Waals surface area contributed by atoms with Gasteiger partial charge < -0.3 is 5.32 Å². The van der Waals surface area contributed by atoms with Crippen LogP contribution in [0.25, 0.3) is 10.2 Å². The predicted molar refractivity (Wildman–Crippen MR) is 87.8 cm³/mol. The summed E-state index contributed by atoms with van der Waals surface area (Å²) in [6.45, 7) is 2.12. The van der Waals surface area contributed by atoms with Crippen LogP contribution in [0.5, 0.6) is 0 Å². The normalized spacial score (nSPS) is 10.7. The monoisotopic (exact) mass is 296 g/mol. The van der Waals surface area contributed by atoms with E-state index in [2.05, 4.69) is 29.4 Å². The number of benzene rings is 2. The van der Waals surface area contributed by atoms with Crippen LogP contribution in [0.4, 0.5) is 5.13 Å². The van der Waals surface area contributed by atoms with Gasteiger partial charge in [-0.3, -0.25) is 4.79 Å². The first-order valence-corrected chi connectivity index (χ1v) is 7.79. The fraction of sp³-hybridized carbons (Fsp3) is 0.176. The Morgan fingerprint density at radius 2 is 1.81 bits per heavy atom. The number of amides is 1. The van der Waals surface area contributed by atoms with E-state index < -0.39 is 0 Å². The van der Waals surface area contributed by atoms with Crippen molar-refractivity contribution in [3.63, 3.8) is 0 Å². The molecule has 1 N–H and O–H groups in total. The van der Waals surface area contributed by atoms with Crippen LogP contribution < -0.4 is 5.32 Å². The number of hydrogen-bond donors (Lipinski definition) is 1. The van der Waals surface area contributed by atoms with Crippen LogP contribution in [0.1, 0.15) is 18.1 Å². The predicted octanol–water partition coefficient (Wildman–Crippen LogP) is 4.04. The molecule has 2 aromatic carbocycles. The number of carbonyl (C=O) groups is 1. The van der Waals surface area contributed by atoms with Gasteiger partial charge in [0.2, 0.25) is 5.91 Å². The number of aryl methyl sites for hydroxylation is 1. The molecule has 3 nitrogen and oxygen atoms in total. The van der Waals surface area contributed by atoms with Crippen molar-refractivity contribution in [3.8, 4) is 0 Å². The molecule has 3 rings (SSSR count). The van der Waals surface area contributed by atoms with Gasteiger partial charge in [-0.1, -0.05) is 54.7 Å². The number of carbonyl (C=O) groups excluding carboxylic acids is 1. The Labute approximate surface area is 127 Å². The van der Waals surface area contributed by atoms with Gasteiger partial charge in [0.15, 0.2) is 5.13 Å². The molecule has 0 saturated heterocycles. The van der Waals surface area contributed by atoms with Crippen LogP contribution in [-0.4, -0.2) is 10.9 Å². The molecule has 1 heterocycles. The van der Waals surface area contributed by atoms with Gasteiger partial charge in [-0.05, 0) is 29.7 Å². The number of anilines is 1. The molecule has 106 valence electrons. The highest BCUT2D eigenvalue weighted by atomic mass is 32.1. The minimum absolute atomic E-state index is 0.0293. The smallest absolute Gasteiger partial charge is 0.230 e. The van der Waals surface area contributed by atoms with E-state index in [4.69, 9.17) is 0 Å². The second-order valence-electron chi connectivity index (χ2n) is 4.88. The molecule has 0 aliphatic heterocycles. The second kappa shape index (κ2) is 6.06. The minimum Gasteiger partial charge on any atom is -0.302 e. The molecule has 21 heavy (non-hydrogen) atoms. The Morgan fingerprint density at radius 3 is 2.52 bits per heavy atom. The standard InChI is InChI=1S/C17H16N2OS/c1-2-12-7-9-13(10-8-12)11-16(20)19-17-18-14-5-3-4-6-15(14)21-17/h3-10H,2,11H2,1H3,(H,18,19,20). The van der Waals surface area contributed by atoms with Gasteiger partial charge in [0, 0.05) is 0 Å². The summed E-state index contributed by atoms with van der Waals surface area (Å²) in [5.74, 6) is -0.0293. The molecule has 0 radical (unpaired) electrons. The van der Waals surface area contributed by atoms with Crippen LogP contribution in [0.2, 0.25) is 0 Å². The Balaban J connectivity index is 1.67. The van der Waals surface area contributed by atoms with Crippen molar-refractivity contribution in [1.29, 1.82) is 0 Å². The van der Waals surface area contributed by atoms with E-state index in [1.807, 2.05) is 36.4 Å². The van der Waals surface area contributed by atoms with Crippen LogP contribution >= 0.6 is 11.3 Å². The number of para-hydroxylation sites is 1. The van der Waals surface area contributed by atoms with E-state index >= 15 is 0 Å². The number of fused-ring (bicyclic) bond motifs is 1. The zero-order valence-corrected chi connectivity index (χ0v) is 12.6. The van der Waals surface area contributed by atoms with E-state index in [0.717, 1.165) is 22.2 Å². The highest BCUT2D eigenvalue weighted by Crippen LogP contribution is 2.25. The van der Waals surface area contributed by atoms with Gasteiger partial charge in [-0.2, -0.15) is 0 Å². The fourth-order valence-corrected chi connectivity index (χ4v) is 3.05. The summed E-state index contributed by atoms with van der Waals surface area (Å²) in [5.41, 5.74) is 3.22. The van der Waals surface area contributed by atoms with E-state index in [0.29, 0.717) is 11.6 Å². The number of hydrogen-bond acceptors (Lipinski definition) is 3. The third-order valence-corrected chi connectivity index (χ3v) is 4.29. The van der Waals surface area contributed by atoms with Crippen molar-refractivity contribution >= 4 is 32.6 Å². The maximum absolute atomic E-state index is 12.1. The van der Waals surface area contributed by atoms with E-state index in [1.165, 1.54) is 16.9 Å². The fourth-order valence-electron chi connectivity index (χ4n) is 2.17. The van der Waals surface area contributed by atoms with Gasteiger partial charge in [-0.15, -0.1) is 0 Å². The average molecular weight is 296 g/mol. The van der Waals surface area contributed by atoms with Crippen LogP contribution in [0.3, 0.4) is 0 Å². The molecular formula is C17H16N2OS. The lowest BCUT2D eigenvalue weighted by molar-refractivity contribution is -0.115. The first-order valence-electron chi connectivity index (χ1n) is 6.98. The molecule has 0 atom stereocenters. The van der Waals surface area contributed by atoms with E-state index in [-0.39, 0.29) is 5.91 Å². The molecule has 0 spiro atoms. The number of nitrogens with one attached hydrogen (secondary N) is 1. The maximum Gasteiger partial charge on any atom is 0.230 e. The third kappa shape index (κ3) is 3.28. The zero-order valence-electron chi connectivity index (χ0n) is 11.8. The Morgan fingerprint density at radius 1 is 1.10 bits per heavy atom. The van der Waals surface area contributed by atoms with Crippen molar-refractivity contribution in [2.24, 2.45) is 0 Å². The number of thiazole rings is 1. The van der Waals surface area contributed by atoms with Gasteiger partial charge in [0.25, 0.3) is 0 Å². The summed E-state index contributed by atoms with van der Waals surface area (Å²) in [4.78, 5) is 16.5. The third-order valence-electron chi connectivity index (χ3n) is 3.34. The van der Waals surface area contributed by atoms with Crippen LogP contribution in [0, 0.1) is 0 Å². The second-order valence-corrected chi connectivity index (χ2v) is 5.91. The summed E-state index contributed by atoms with van der Waals surface area (Å²) < 4.78 is 1.08. The van der Waals surface area contributed by atoms with Crippen molar-refractivity contribution in [1.82, 2.24) is 4.98 Å². The topological polar surface area (TPSA) is 42.0 Å². The first-order chi connectivity index (χ1) is 10.2. The molecule has 0 aliphatic carbocycles. The molecular weight excluding hydrogens is 280 g/mol. The lowest BCUT2D eigenvalue weighted by Gasteiger charge is -2.03. The number of rotatable bonds is 4. The highest BCUT2D eigenvalue weighted by Gasteiger charge is 2.08. The average Bonchev–Trinajstić information content (AvgIpc) is 2.90. The summed E-state index contributed by atoms with van der Waals surface area (Å²) in [6.07, 6.45) is 1.39. The molecule has 1 amide bonds. The zero-order chi connectivity index (χ0) is 14.7. The molecule has 0 unspecified atom stereocenters. The SMILES string of the molecule is CCc1ccc(CC(=O)Nc2nc3ccccc3s2)cc1. The van der Waals surface area contributed by atoms with Gasteiger partial charge in [0.05, 0.1) is 16.6 Å². The molecule has 0 fully saturated rings. The molecule has 4 heteroatoms. The van der Waals surface area contributed by atoms with Crippen molar-refractivity contribution in [2.75, 3.05) is 5.32 Å². The van der Waals surface area contributed by atoms with Gasteiger partial charge in [-0.25, -0.2) is 4.98 Å². The Kier molecular flexibility index (Phi) is 3.97. The quantitative estimate of drug-likeness (QED) is 0.789. The molecule has 0 bridgehead atoms. The molecule has 0 aliphatic rings. The first kappa shape index (κ1) is 13.8. The van der Waals surface area contributed by atoms with Crippen LogP contribution in [-0.2, 0) is 17.6 Å². The van der Waals surface area contributed by atoms with Crippen LogP contribution in [0.15, 0.2) is 48.5 Å². The number of aromatic nitrogens is 1. The van der Waals surface area contributed by atoms with Crippen molar-refractivity contribution in [3.05, 3.63) is 59.7 Å². The van der Waals surface area contributed by atoms with E-state index in [9.17, 15) is 4.79 Å². The molecule has 0 saturated carbocycles. The highest BCUT2D eigenvalue weighted by molar-refractivity contribution is 7.22. The van der Waals surface area contributed by atoms with E-state index in [1.54, 1.807) is 0 Å². The largest absolute Gasteiger partial charge is 0.302 e. The Bertz CT molecular complexity index is 729. The minimum atomic E-state index is -0.0293. The summed E-state index contributed by atoms with van der Waals surface area (Å²) in [7, 11) is 0. The van der Waals surface area contributed by atoms with Crippen molar-refractivity contribution < 1.29 is 4.79 Å². The maximum atomic E-state index is 12.1. The summed E-state index contributed by atoms with van der Waals surface area (Å²) >= 11 is 1.50. The lowest BCUT2D eigenvalue weighted by Crippen LogP contribution is -2.14. The van der Waals surface area contributed by atoms with Crippen molar-refractivity contribution in [2.45, 2.75) is 19.8 Å². The molecule has 1 aromatic heterocycles. The van der Waals surface area contributed by atoms with Gasteiger partial charge >= 0.3 is 0 Å². The lowest BCUT2D eigenvalue weighted by atomic mass is 10.1. The Hall–Kier alpha value is -2.20. The summed E-state index contributed by atoms with van der Waals surface area (Å²) in [5, 5.41) is 3.54. The number of nitrogens with zero attached hydrogens (tertiary/aromatic N) is 1. The van der Waals surface area contributed by atoms with Gasteiger partial charge in [0.1, 0.15) is 0 Å². The summed E-state index contributed by atoms with van der Waals surface area (Å²) in [6, 6.07) is 16.0.